The Kier molecular flexibility index (Phi) is 8.25. The molecule has 11 heavy (non-hydrogen) atoms. The van der Waals surface area contributed by atoms with E-state index in [-0.39, 0.29) is 12.4 Å². The highest BCUT2D eigenvalue weighted by molar-refractivity contribution is 4.72. The molecule has 2 heteroatoms. The van der Waals surface area contributed by atoms with Crippen LogP contribution in [0, 0.1) is 0 Å². The molecule has 0 N–H and O–H groups in total. The Bertz CT molecular complexity index is 103. The molecular weight excluding hydrogens is 158 g/mol. The highest BCUT2D eigenvalue weighted by Gasteiger charge is 1.97. The van der Waals surface area contributed by atoms with Gasteiger partial charge >= 0.3 is 0 Å². The fourth-order valence-electron chi connectivity index (χ4n) is 0.713. The van der Waals surface area contributed by atoms with Gasteiger partial charge in [-0.25, -0.2) is 0 Å². The van der Waals surface area contributed by atoms with Crippen molar-refractivity contribution in [3.05, 3.63) is 12.3 Å². The van der Waals surface area contributed by atoms with Crippen LogP contribution in [-0.2, 0) is 0 Å². The van der Waals surface area contributed by atoms with Gasteiger partial charge in [0.15, 0.2) is 0 Å². The minimum absolute atomic E-state index is 0. The van der Waals surface area contributed by atoms with E-state index in [0.717, 1.165) is 4.48 Å². The molecule has 0 saturated carbocycles. The first kappa shape index (κ1) is 13.6. The van der Waals surface area contributed by atoms with E-state index < -0.39 is 0 Å². The zero-order valence-corrected chi connectivity index (χ0v) is 8.86. The number of hydrogen-bond donors (Lipinski definition) is 0. The lowest BCUT2D eigenvalue weighted by Gasteiger charge is -2.17. The van der Waals surface area contributed by atoms with Crippen LogP contribution in [0.3, 0.4) is 0 Å². The van der Waals surface area contributed by atoms with Crippen LogP contribution in [0.4, 0.5) is 0 Å². The molecule has 0 amide bonds. The quantitative estimate of drug-likeness (QED) is 0.398. The molecule has 0 radical (unpaired) electrons. The van der Waals surface area contributed by atoms with Gasteiger partial charge in [0.2, 0.25) is 0 Å². The van der Waals surface area contributed by atoms with E-state index in [1.807, 2.05) is 0 Å². The number of hydrogen-bond acceptors (Lipinski definition) is 0. The predicted octanol–water partition coefficient (Wildman–Crippen LogP) is -0.599. The minimum Gasteiger partial charge on any atom is -1.00 e. The second-order valence-corrected chi connectivity index (χ2v) is 3.64. The number of halogens is 1. The van der Waals surface area contributed by atoms with Crippen LogP contribution in [-0.4, -0.2) is 25.6 Å². The lowest BCUT2D eigenvalue weighted by atomic mass is 10.2. The maximum Gasteiger partial charge on any atom is 0.0911 e. The number of allylic oxidation sites excluding steroid dienone is 1. The maximum absolute atomic E-state index is 2.27. The number of nitrogens with zero attached hydrogens (tertiary/aromatic N) is 1. The van der Waals surface area contributed by atoms with Gasteiger partial charge in [-0.05, 0) is 18.9 Å². The van der Waals surface area contributed by atoms with Gasteiger partial charge in [0.1, 0.15) is 0 Å². The lowest BCUT2D eigenvalue weighted by molar-refractivity contribution is -0.817. The second-order valence-electron chi connectivity index (χ2n) is 3.64. The van der Waals surface area contributed by atoms with Gasteiger partial charge in [0.25, 0.3) is 0 Å². The molecule has 0 aromatic rings. The Balaban J connectivity index is 0. The summed E-state index contributed by atoms with van der Waals surface area (Å²) in [5.41, 5.74) is 0. The van der Waals surface area contributed by atoms with E-state index in [2.05, 4.69) is 40.3 Å². The van der Waals surface area contributed by atoms with Crippen molar-refractivity contribution in [1.82, 2.24) is 0 Å². The van der Waals surface area contributed by atoms with Crippen LogP contribution < -0.4 is 12.4 Å². The third-order valence-electron chi connectivity index (χ3n) is 1.28. The molecule has 0 aliphatic rings. The lowest BCUT2D eigenvalue weighted by Crippen LogP contribution is -3.00. The minimum atomic E-state index is 0. The molecule has 0 aromatic heterocycles. The molecule has 0 rings (SSSR count). The average molecular weight is 178 g/mol. The van der Waals surface area contributed by atoms with Crippen molar-refractivity contribution in [2.75, 3.05) is 21.1 Å². The van der Waals surface area contributed by atoms with E-state index in [4.69, 9.17) is 0 Å². The van der Waals surface area contributed by atoms with Crippen LogP contribution in [0.25, 0.3) is 0 Å². The van der Waals surface area contributed by atoms with Crippen molar-refractivity contribution in [3.8, 4) is 0 Å². The van der Waals surface area contributed by atoms with Crippen LogP contribution >= 0.6 is 0 Å². The average Bonchev–Trinajstić information content (AvgIpc) is 1.78. The third-order valence-corrected chi connectivity index (χ3v) is 1.28. The van der Waals surface area contributed by atoms with Crippen molar-refractivity contribution < 1.29 is 16.9 Å². The molecule has 0 bridgehead atoms. The number of unbranched alkanes of at least 4 members (excludes halogenated alkanes) is 2. The zero-order chi connectivity index (χ0) is 8.04. The van der Waals surface area contributed by atoms with Gasteiger partial charge in [-0.2, -0.15) is 0 Å². The van der Waals surface area contributed by atoms with Crippen molar-refractivity contribution in [2.45, 2.75) is 26.2 Å². The topological polar surface area (TPSA) is 0 Å². The van der Waals surface area contributed by atoms with E-state index in [1.54, 1.807) is 0 Å². The molecule has 0 aliphatic heterocycles. The Morgan fingerprint density at radius 2 is 1.73 bits per heavy atom. The summed E-state index contributed by atoms with van der Waals surface area (Å²) >= 11 is 0. The van der Waals surface area contributed by atoms with Crippen molar-refractivity contribution in [1.29, 1.82) is 0 Å². The van der Waals surface area contributed by atoms with E-state index in [9.17, 15) is 0 Å². The monoisotopic (exact) mass is 177 g/mol. The van der Waals surface area contributed by atoms with Gasteiger partial charge < -0.3 is 16.9 Å². The van der Waals surface area contributed by atoms with Crippen LogP contribution in [0.15, 0.2) is 12.3 Å². The third kappa shape index (κ3) is 13.1. The first-order chi connectivity index (χ1) is 4.56. The molecule has 0 spiro atoms. The standard InChI is InChI=1S/C9H20N.ClH/c1-5-6-7-8-9-10(2,3)4;/h8-9H,5-7H2,1-4H3;1H/q+1;/p-1. The second kappa shape index (κ2) is 6.68. The summed E-state index contributed by atoms with van der Waals surface area (Å²) in [4.78, 5) is 0. The first-order valence-corrected chi connectivity index (χ1v) is 4.05. The molecule has 0 aliphatic carbocycles. The fraction of sp³-hybridized carbons (Fsp3) is 0.778. The molecule has 1 nitrogen and oxygen atoms in total. The molecule has 68 valence electrons. The highest BCUT2D eigenvalue weighted by atomic mass is 35.5. The zero-order valence-electron chi connectivity index (χ0n) is 8.10. The van der Waals surface area contributed by atoms with Gasteiger partial charge in [-0.1, -0.05) is 13.3 Å². The molecule has 0 heterocycles. The number of quaternary nitrogens is 1. The van der Waals surface area contributed by atoms with Crippen molar-refractivity contribution >= 4 is 0 Å². The van der Waals surface area contributed by atoms with Gasteiger partial charge in [0, 0.05) is 0 Å². The molecule has 0 saturated heterocycles. The van der Waals surface area contributed by atoms with E-state index in [0.29, 0.717) is 0 Å². The van der Waals surface area contributed by atoms with E-state index >= 15 is 0 Å². The Hall–Kier alpha value is -0.0100. The summed E-state index contributed by atoms with van der Waals surface area (Å²) in [6.45, 7) is 2.22. The van der Waals surface area contributed by atoms with Crippen LogP contribution in [0.5, 0.6) is 0 Å². The summed E-state index contributed by atoms with van der Waals surface area (Å²) in [5.74, 6) is 0. The Morgan fingerprint density at radius 3 is 2.09 bits per heavy atom. The summed E-state index contributed by atoms with van der Waals surface area (Å²) in [6, 6.07) is 0. The molecule has 0 unspecified atom stereocenters. The largest absolute Gasteiger partial charge is 1.00 e. The van der Waals surface area contributed by atoms with Gasteiger partial charge in [-0.15, -0.1) is 0 Å². The summed E-state index contributed by atoms with van der Waals surface area (Å²) in [6.07, 6.45) is 8.34. The molecule has 0 fully saturated rings. The Morgan fingerprint density at radius 1 is 1.18 bits per heavy atom. The van der Waals surface area contributed by atoms with Gasteiger partial charge in [0.05, 0.1) is 27.3 Å². The summed E-state index contributed by atoms with van der Waals surface area (Å²) < 4.78 is 0.934. The predicted molar refractivity (Wildman–Crippen MR) is 46.7 cm³/mol. The van der Waals surface area contributed by atoms with Gasteiger partial charge in [-0.3, -0.25) is 0 Å². The molecule has 0 aromatic carbocycles. The van der Waals surface area contributed by atoms with Crippen molar-refractivity contribution in [2.24, 2.45) is 0 Å². The number of rotatable bonds is 4. The molecule has 0 atom stereocenters. The maximum atomic E-state index is 2.27. The first-order valence-electron chi connectivity index (χ1n) is 4.05. The Labute approximate surface area is 77.1 Å². The smallest absolute Gasteiger partial charge is 0.0911 e. The summed E-state index contributed by atoms with van der Waals surface area (Å²) in [7, 11) is 6.51. The van der Waals surface area contributed by atoms with Crippen LogP contribution in [0.2, 0.25) is 0 Å². The van der Waals surface area contributed by atoms with E-state index in [1.165, 1.54) is 19.3 Å². The van der Waals surface area contributed by atoms with Crippen molar-refractivity contribution in [3.63, 3.8) is 0 Å². The fourth-order valence-corrected chi connectivity index (χ4v) is 0.713. The van der Waals surface area contributed by atoms with Crippen LogP contribution in [0.1, 0.15) is 26.2 Å². The SMILES string of the molecule is CCCCC=C[N+](C)(C)C.[Cl-]. The molecular formula is C9H20ClN. The normalized spacial score (nSPS) is 11.6. The summed E-state index contributed by atoms with van der Waals surface area (Å²) in [5, 5.41) is 0. The highest BCUT2D eigenvalue weighted by Crippen LogP contribution is 1.98.